The second-order valence-corrected chi connectivity index (χ2v) is 6.42. The van der Waals surface area contributed by atoms with E-state index in [9.17, 15) is 0 Å². The Morgan fingerprint density at radius 3 is 2.68 bits per heavy atom. The average Bonchev–Trinajstić information content (AvgIpc) is 2.95. The summed E-state index contributed by atoms with van der Waals surface area (Å²) in [6.45, 7) is 4.54. The van der Waals surface area contributed by atoms with Gasteiger partial charge in [-0.05, 0) is 37.3 Å². The molecular formula is C14H19ClN4. The number of hydrogen-bond acceptors (Lipinski definition) is 3. The second-order valence-electron chi connectivity index (χ2n) is 6.04. The molecule has 0 N–H and O–H groups in total. The lowest BCUT2D eigenvalue weighted by Crippen LogP contribution is -2.27. The van der Waals surface area contributed by atoms with Crippen molar-refractivity contribution in [2.24, 2.45) is 5.92 Å². The van der Waals surface area contributed by atoms with E-state index >= 15 is 0 Å². The van der Waals surface area contributed by atoms with Crippen molar-refractivity contribution in [1.82, 2.24) is 19.8 Å². The van der Waals surface area contributed by atoms with E-state index in [2.05, 4.69) is 29.1 Å². The highest BCUT2D eigenvalue weighted by Gasteiger charge is 2.40. The summed E-state index contributed by atoms with van der Waals surface area (Å²) < 4.78 is 1.84. The molecule has 4 nitrogen and oxygen atoms in total. The molecule has 2 aromatic rings. The van der Waals surface area contributed by atoms with Crippen LogP contribution in [0.3, 0.4) is 0 Å². The Hall–Kier alpha value is -1.16. The number of nitrogens with zero attached hydrogens (tertiary/aromatic N) is 4. The molecule has 0 amide bonds. The van der Waals surface area contributed by atoms with E-state index in [1.165, 1.54) is 25.7 Å². The Kier molecular flexibility index (Phi) is 3.21. The molecule has 0 aromatic carbocycles. The molecule has 2 heterocycles. The minimum absolute atomic E-state index is 0.130. The standard InChI is InChI=1S/C14H19ClN4/c1-10(2)9-14(7-3-4-8-14)13-17-16-12-6-5-11(15)18-19(12)13/h5-6,10H,3-4,7-9H2,1-2H3. The minimum atomic E-state index is 0.130. The molecule has 0 atom stereocenters. The van der Waals surface area contributed by atoms with Crippen LogP contribution in [-0.4, -0.2) is 19.8 Å². The number of fused-ring (bicyclic) bond motifs is 1. The fraction of sp³-hybridized carbons (Fsp3) is 0.643. The summed E-state index contributed by atoms with van der Waals surface area (Å²) in [6.07, 6.45) is 6.03. The van der Waals surface area contributed by atoms with E-state index in [-0.39, 0.29) is 5.41 Å². The van der Waals surface area contributed by atoms with Gasteiger partial charge in [0.1, 0.15) is 5.15 Å². The Morgan fingerprint density at radius 1 is 1.26 bits per heavy atom. The lowest BCUT2D eigenvalue weighted by molar-refractivity contribution is 0.323. The van der Waals surface area contributed by atoms with Crippen molar-refractivity contribution in [1.29, 1.82) is 0 Å². The highest BCUT2D eigenvalue weighted by atomic mass is 35.5. The second kappa shape index (κ2) is 4.75. The number of aromatic nitrogens is 4. The predicted octanol–water partition coefficient (Wildman–Crippen LogP) is 3.64. The third-order valence-corrected chi connectivity index (χ3v) is 4.27. The molecule has 3 rings (SSSR count). The summed E-state index contributed by atoms with van der Waals surface area (Å²) in [5.74, 6) is 1.64. The molecule has 5 heteroatoms. The van der Waals surface area contributed by atoms with Gasteiger partial charge in [-0.2, -0.15) is 9.61 Å². The molecule has 1 saturated carbocycles. The summed E-state index contributed by atoms with van der Waals surface area (Å²) in [5.41, 5.74) is 0.917. The van der Waals surface area contributed by atoms with Crippen molar-refractivity contribution < 1.29 is 0 Å². The van der Waals surface area contributed by atoms with Gasteiger partial charge in [0.2, 0.25) is 0 Å². The van der Waals surface area contributed by atoms with Crippen LogP contribution in [0, 0.1) is 5.92 Å². The van der Waals surface area contributed by atoms with Gasteiger partial charge >= 0.3 is 0 Å². The van der Waals surface area contributed by atoms with Crippen molar-refractivity contribution in [3.8, 4) is 0 Å². The first-order valence-electron chi connectivity index (χ1n) is 6.99. The number of hydrogen-bond donors (Lipinski definition) is 0. The van der Waals surface area contributed by atoms with Crippen molar-refractivity contribution in [2.45, 2.75) is 51.4 Å². The van der Waals surface area contributed by atoms with Crippen molar-refractivity contribution in [3.05, 3.63) is 23.1 Å². The van der Waals surface area contributed by atoms with Crippen LogP contribution in [0.1, 0.15) is 51.8 Å². The SMILES string of the molecule is CC(C)CC1(c2nnc3ccc(Cl)nn23)CCCC1. The zero-order chi connectivity index (χ0) is 13.5. The van der Waals surface area contributed by atoms with Crippen LogP contribution in [-0.2, 0) is 5.41 Å². The first-order chi connectivity index (χ1) is 9.11. The van der Waals surface area contributed by atoms with Gasteiger partial charge in [0.05, 0.1) is 0 Å². The fourth-order valence-electron chi connectivity index (χ4n) is 3.45. The zero-order valence-electron chi connectivity index (χ0n) is 11.4. The quantitative estimate of drug-likeness (QED) is 0.861. The van der Waals surface area contributed by atoms with Gasteiger partial charge in [-0.1, -0.05) is 38.3 Å². The molecule has 1 aliphatic rings. The molecule has 1 aliphatic carbocycles. The molecule has 0 unspecified atom stereocenters. The molecule has 19 heavy (non-hydrogen) atoms. The van der Waals surface area contributed by atoms with Crippen molar-refractivity contribution in [2.75, 3.05) is 0 Å². The van der Waals surface area contributed by atoms with Gasteiger partial charge < -0.3 is 0 Å². The van der Waals surface area contributed by atoms with Gasteiger partial charge in [-0.25, -0.2) is 0 Å². The minimum Gasteiger partial charge on any atom is -0.195 e. The number of rotatable bonds is 3. The van der Waals surface area contributed by atoms with Crippen molar-refractivity contribution >= 4 is 17.2 Å². The van der Waals surface area contributed by atoms with Crippen LogP contribution in [0.15, 0.2) is 12.1 Å². The van der Waals surface area contributed by atoms with Gasteiger partial charge in [0, 0.05) is 5.41 Å². The summed E-state index contributed by atoms with van der Waals surface area (Å²) in [4.78, 5) is 0. The third kappa shape index (κ3) is 2.22. The molecule has 0 saturated heterocycles. The maximum Gasteiger partial charge on any atom is 0.178 e. The molecule has 0 aliphatic heterocycles. The molecule has 102 valence electrons. The number of halogens is 1. The Bertz CT molecular complexity index is 584. The van der Waals surface area contributed by atoms with Crippen LogP contribution in [0.5, 0.6) is 0 Å². The van der Waals surface area contributed by atoms with E-state index in [0.29, 0.717) is 11.1 Å². The van der Waals surface area contributed by atoms with Gasteiger partial charge in [-0.3, -0.25) is 0 Å². The summed E-state index contributed by atoms with van der Waals surface area (Å²) in [7, 11) is 0. The Balaban J connectivity index is 2.12. The van der Waals surface area contributed by atoms with E-state index in [0.717, 1.165) is 17.9 Å². The first-order valence-corrected chi connectivity index (χ1v) is 7.37. The van der Waals surface area contributed by atoms with E-state index in [4.69, 9.17) is 11.6 Å². The molecular weight excluding hydrogens is 260 g/mol. The van der Waals surface area contributed by atoms with E-state index in [1.807, 2.05) is 10.6 Å². The molecule has 2 aromatic heterocycles. The zero-order valence-corrected chi connectivity index (χ0v) is 12.2. The summed E-state index contributed by atoms with van der Waals surface area (Å²) >= 11 is 6.02. The highest BCUT2D eigenvalue weighted by Crippen LogP contribution is 2.44. The molecule has 1 fully saturated rings. The average molecular weight is 279 g/mol. The smallest absolute Gasteiger partial charge is 0.178 e. The summed E-state index contributed by atoms with van der Waals surface area (Å²) in [5, 5.41) is 13.6. The molecule has 0 bridgehead atoms. The monoisotopic (exact) mass is 278 g/mol. The Morgan fingerprint density at radius 2 is 2.00 bits per heavy atom. The van der Waals surface area contributed by atoms with Crippen molar-refractivity contribution in [3.63, 3.8) is 0 Å². The molecule has 0 radical (unpaired) electrons. The maximum absolute atomic E-state index is 6.02. The van der Waals surface area contributed by atoms with E-state index < -0.39 is 0 Å². The van der Waals surface area contributed by atoms with Crippen LogP contribution < -0.4 is 0 Å². The van der Waals surface area contributed by atoms with Crippen LogP contribution in [0.2, 0.25) is 5.15 Å². The normalized spacial score (nSPS) is 18.5. The van der Waals surface area contributed by atoms with E-state index in [1.54, 1.807) is 6.07 Å². The Labute approximate surface area is 118 Å². The van der Waals surface area contributed by atoms with Gasteiger partial charge in [0.15, 0.2) is 11.5 Å². The topological polar surface area (TPSA) is 43.1 Å². The largest absolute Gasteiger partial charge is 0.195 e. The first kappa shape index (κ1) is 12.9. The van der Waals surface area contributed by atoms with Gasteiger partial charge in [0.25, 0.3) is 0 Å². The van der Waals surface area contributed by atoms with Crippen LogP contribution in [0.4, 0.5) is 0 Å². The lowest BCUT2D eigenvalue weighted by Gasteiger charge is -2.28. The lowest BCUT2D eigenvalue weighted by atomic mass is 9.78. The summed E-state index contributed by atoms with van der Waals surface area (Å²) in [6, 6.07) is 3.64. The predicted molar refractivity (Wildman–Crippen MR) is 75.4 cm³/mol. The van der Waals surface area contributed by atoms with Crippen LogP contribution in [0.25, 0.3) is 5.65 Å². The van der Waals surface area contributed by atoms with Crippen LogP contribution >= 0.6 is 11.6 Å². The fourth-order valence-corrected chi connectivity index (χ4v) is 3.59. The molecule has 0 spiro atoms. The maximum atomic E-state index is 6.02. The highest BCUT2D eigenvalue weighted by molar-refractivity contribution is 6.29. The van der Waals surface area contributed by atoms with Gasteiger partial charge in [-0.15, -0.1) is 10.2 Å². The third-order valence-electron chi connectivity index (χ3n) is 4.06.